The fourth-order valence-electron chi connectivity index (χ4n) is 2.26. The Labute approximate surface area is 196 Å². The summed E-state index contributed by atoms with van der Waals surface area (Å²) in [5, 5.41) is 0. The van der Waals surface area contributed by atoms with Crippen molar-refractivity contribution in [2.75, 3.05) is 0 Å². The first-order chi connectivity index (χ1) is 14.8. The molecule has 0 heteroatoms. The summed E-state index contributed by atoms with van der Waals surface area (Å²) in [5.74, 6) is 0.709. The average molecular weight is 425 g/mol. The van der Waals surface area contributed by atoms with E-state index in [0.717, 1.165) is 12.8 Å². The van der Waals surface area contributed by atoms with Crippen molar-refractivity contribution in [3.63, 3.8) is 0 Å². The maximum absolute atomic E-state index is 3.56. The second kappa shape index (κ2) is 26.0. The van der Waals surface area contributed by atoms with Gasteiger partial charge in [0.05, 0.1) is 0 Å². The molecule has 1 unspecified atom stereocenters. The van der Waals surface area contributed by atoms with Crippen LogP contribution < -0.4 is 0 Å². The quantitative estimate of drug-likeness (QED) is 0.419. The zero-order valence-corrected chi connectivity index (χ0v) is 22.3. The summed E-state index contributed by atoms with van der Waals surface area (Å²) in [6, 6.07) is 19.3. The Morgan fingerprint density at radius 3 is 1.35 bits per heavy atom. The van der Waals surface area contributed by atoms with Gasteiger partial charge in [-0.1, -0.05) is 121 Å². The molecular formula is C31H52. The molecule has 0 saturated carbocycles. The number of aryl methyl sites for hydroxylation is 2. The Balaban J connectivity index is -0.000000349. The summed E-state index contributed by atoms with van der Waals surface area (Å²) in [4.78, 5) is 0. The third-order valence-electron chi connectivity index (χ3n) is 4.36. The van der Waals surface area contributed by atoms with E-state index in [4.69, 9.17) is 0 Å². The third kappa shape index (κ3) is 24.1. The summed E-state index contributed by atoms with van der Waals surface area (Å²) in [5.41, 5.74) is 5.60. The third-order valence-corrected chi connectivity index (χ3v) is 4.36. The molecule has 2 aromatic rings. The molecule has 0 fully saturated rings. The Kier molecular flexibility index (Phi) is 28.1. The summed E-state index contributed by atoms with van der Waals surface area (Å²) >= 11 is 0. The standard InChI is InChI=1S/2C10H14.C4H8.C4H10.C3H6/c1-3-9(2)10-7-5-4-6-8-10;1-3-9-7-5-6-8-10(9)4-2;1-4(2)3;1-3-4-2;1-3-2/h4-9H,3H2,1-2H3;5-8H,3-4H2,1-2H3;1H2,2-3H3;3-4H2,1-2H3;3H,1H2,2H3. The highest BCUT2D eigenvalue weighted by Gasteiger charge is 1.98. The molecule has 0 saturated heterocycles. The molecule has 176 valence electrons. The van der Waals surface area contributed by atoms with Gasteiger partial charge in [-0.2, -0.15) is 0 Å². The fraction of sp³-hybridized carbons (Fsp3) is 0.484. The van der Waals surface area contributed by atoms with Crippen LogP contribution in [0.25, 0.3) is 0 Å². The van der Waals surface area contributed by atoms with Gasteiger partial charge in [-0.15, -0.1) is 13.2 Å². The van der Waals surface area contributed by atoms with Gasteiger partial charge in [0, 0.05) is 0 Å². The summed E-state index contributed by atoms with van der Waals surface area (Å²) in [6.07, 6.45) is 7.93. The summed E-state index contributed by atoms with van der Waals surface area (Å²) < 4.78 is 0. The number of benzene rings is 2. The van der Waals surface area contributed by atoms with Crippen LogP contribution in [0.1, 0.15) is 104 Å². The van der Waals surface area contributed by atoms with Crippen LogP contribution in [0.15, 0.2) is 79.4 Å². The van der Waals surface area contributed by atoms with Gasteiger partial charge in [0.1, 0.15) is 0 Å². The largest absolute Gasteiger partial charge is 0.103 e. The van der Waals surface area contributed by atoms with Crippen molar-refractivity contribution in [1.82, 2.24) is 0 Å². The number of unbranched alkanes of at least 4 members (excludes halogenated alkanes) is 1. The number of hydrogen-bond acceptors (Lipinski definition) is 0. The van der Waals surface area contributed by atoms with Gasteiger partial charge in [-0.3, -0.25) is 0 Å². The van der Waals surface area contributed by atoms with E-state index in [-0.39, 0.29) is 0 Å². The van der Waals surface area contributed by atoms with Gasteiger partial charge in [-0.25, -0.2) is 0 Å². The smallest absolute Gasteiger partial charge is 0.0193 e. The SMILES string of the molecule is C=C(C)C.C=CC.CCC(C)c1ccccc1.CCCC.CCc1ccccc1CC. The zero-order valence-electron chi connectivity index (χ0n) is 22.3. The highest BCUT2D eigenvalue weighted by molar-refractivity contribution is 5.26. The molecule has 1 atom stereocenters. The van der Waals surface area contributed by atoms with E-state index in [1.54, 1.807) is 6.08 Å². The average Bonchev–Trinajstić information content (AvgIpc) is 2.79. The van der Waals surface area contributed by atoms with Crippen molar-refractivity contribution in [3.05, 3.63) is 96.1 Å². The molecule has 0 spiro atoms. The van der Waals surface area contributed by atoms with Crippen molar-refractivity contribution in [2.24, 2.45) is 0 Å². The van der Waals surface area contributed by atoms with E-state index >= 15 is 0 Å². The molecule has 0 N–H and O–H groups in total. The van der Waals surface area contributed by atoms with Gasteiger partial charge in [0.15, 0.2) is 0 Å². The molecule has 0 aromatic heterocycles. The first-order valence-corrected chi connectivity index (χ1v) is 12.1. The van der Waals surface area contributed by atoms with E-state index in [1.807, 2.05) is 20.8 Å². The topological polar surface area (TPSA) is 0 Å². The van der Waals surface area contributed by atoms with E-state index in [9.17, 15) is 0 Å². The maximum atomic E-state index is 3.56. The van der Waals surface area contributed by atoms with Crippen molar-refractivity contribution < 1.29 is 0 Å². The molecule has 0 bridgehead atoms. The molecule has 0 nitrogen and oxygen atoms in total. The Hall–Kier alpha value is -2.08. The Bertz CT molecular complexity index is 592. The van der Waals surface area contributed by atoms with Crippen LogP contribution in [0.3, 0.4) is 0 Å². The first-order valence-electron chi connectivity index (χ1n) is 12.1. The number of allylic oxidation sites excluding steroid dienone is 2. The molecule has 0 aliphatic rings. The normalized spacial score (nSPS) is 9.58. The highest BCUT2D eigenvalue weighted by atomic mass is 14.0. The van der Waals surface area contributed by atoms with Crippen molar-refractivity contribution in [3.8, 4) is 0 Å². The lowest BCUT2D eigenvalue weighted by atomic mass is 9.99. The zero-order chi connectivity index (χ0) is 24.5. The van der Waals surface area contributed by atoms with Crippen molar-refractivity contribution >= 4 is 0 Å². The molecule has 0 amide bonds. The van der Waals surface area contributed by atoms with Crippen LogP contribution in [0.2, 0.25) is 0 Å². The van der Waals surface area contributed by atoms with E-state index < -0.39 is 0 Å². The minimum absolute atomic E-state index is 0.709. The minimum Gasteiger partial charge on any atom is -0.103 e. The van der Waals surface area contributed by atoms with Crippen LogP contribution in [0.4, 0.5) is 0 Å². The highest BCUT2D eigenvalue weighted by Crippen LogP contribution is 2.16. The number of rotatable bonds is 5. The Morgan fingerprint density at radius 1 is 0.774 bits per heavy atom. The summed E-state index contributed by atoms with van der Waals surface area (Å²) in [6.45, 7) is 26.0. The fourth-order valence-corrected chi connectivity index (χ4v) is 2.26. The Morgan fingerprint density at radius 2 is 1.10 bits per heavy atom. The minimum atomic E-state index is 0.709. The van der Waals surface area contributed by atoms with E-state index in [0.29, 0.717) is 5.92 Å². The molecule has 0 radical (unpaired) electrons. The number of hydrogen-bond donors (Lipinski definition) is 0. The van der Waals surface area contributed by atoms with E-state index in [1.165, 1.54) is 41.5 Å². The van der Waals surface area contributed by atoms with Gasteiger partial charge < -0.3 is 0 Å². The lowest BCUT2D eigenvalue weighted by Crippen LogP contribution is -1.88. The van der Waals surface area contributed by atoms with Crippen LogP contribution in [-0.4, -0.2) is 0 Å². The van der Waals surface area contributed by atoms with Crippen molar-refractivity contribution in [2.45, 2.75) is 100 Å². The molecule has 0 aliphatic carbocycles. The predicted octanol–water partition coefficient (Wildman–Crippen LogP) is 10.6. The van der Waals surface area contributed by atoms with Gasteiger partial charge in [0.25, 0.3) is 0 Å². The lowest BCUT2D eigenvalue weighted by molar-refractivity contribution is 0.733. The van der Waals surface area contributed by atoms with Crippen LogP contribution in [-0.2, 0) is 12.8 Å². The predicted molar refractivity (Wildman–Crippen MR) is 147 cm³/mol. The van der Waals surface area contributed by atoms with Crippen LogP contribution in [0.5, 0.6) is 0 Å². The molecule has 0 aliphatic heterocycles. The van der Waals surface area contributed by atoms with Crippen molar-refractivity contribution in [1.29, 1.82) is 0 Å². The van der Waals surface area contributed by atoms with E-state index in [2.05, 4.69) is 109 Å². The molecular weight excluding hydrogens is 372 g/mol. The van der Waals surface area contributed by atoms with Crippen LogP contribution in [0, 0.1) is 0 Å². The van der Waals surface area contributed by atoms with Gasteiger partial charge >= 0.3 is 0 Å². The van der Waals surface area contributed by atoms with Gasteiger partial charge in [-0.05, 0) is 62.6 Å². The van der Waals surface area contributed by atoms with Crippen LogP contribution >= 0.6 is 0 Å². The molecule has 2 aromatic carbocycles. The second-order valence-corrected chi connectivity index (χ2v) is 7.81. The molecule has 0 heterocycles. The molecule has 31 heavy (non-hydrogen) atoms. The maximum Gasteiger partial charge on any atom is -0.0193 e. The summed E-state index contributed by atoms with van der Waals surface area (Å²) in [7, 11) is 0. The monoisotopic (exact) mass is 424 g/mol. The second-order valence-electron chi connectivity index (χ2n) is 7.81. The molecule has 2 rings (SSSR count). The van der Waals surface area contributed by atoms with Gasteiger partial charge in [0.2, 0.25) is 0 Å². The lowest BCUT2D eigenvalue weighted by Gasteiger charge is -2.06. The first kappa shape index (κ1) is 33.6.